The third kappa shape index (κ3) is 7.19. The van der Waals surface area contributed by atoms with E-state index >= 15 is 0 Å². The molecule has 0 aliphatic carbocycles. The van der Waals surface area contributed by atoms with Crippen LogP contribution in [0.25, 0.3) is 0 Å². The molecular formula is C27H32N8O6S2. The lowest BCUT2D eigenvalue weighted by Crippen LogP contribution is -2.48. The normalized spacial score (nSPS) is 15.0. The van der Waals surface area contributed by atoms with Crippen molar-refractivity contribution in [2.24, 2.45) is 0 Å². The lowest BCUT2D eigenvalue weighted by Gasteiger charge is -2.35. The molecule has 0 atom stereocenters. The van der Waals surface area contributed by atoms with Crippen molar-refractivity contribution in [3.63, 3.8) is 0 Å². The van der Waals surface area contributed by atoms with Crippen LogP contribution in [0.1, 0.15) is 50.2 Å². The number of carbonyl (C=O) groups is 3. The van der Waals surface area contributed by atoms with Crippen molar-refractivity contribution in [3.05, 3.63) is 51.5 Å². The number of nitrogens with one attached hydrogen (secondary N) is 3. The summed E-state index contributed by atoms with van der Waals surface area (Å²) in [7, 11) is -3.67. The molecule has 3 N–H and O–H groups in total. The van der Waals surface area contributed by atoms with Gasteiger partial charge >= 0.3 is 5.97 Å². The molecule has 2 aromatic heterocycles. The molecule has 16 heteroatoms. The fraction of sp³-hybridized carbons (Fsp3) is 0.407. The minimum absolute atomic E-state index is 0.0876. The minimum Gasteiger partial charge on any atom is -0.462 e. The fourth-order valence-electron chi connectivity index (χ4n) is 4.93. The number of amides is 2. The van der Waals surface area contributed by atoms with Crippen LogP contribution in [-0.4, -0.2) is 80.2 Å². The van der Waals surface area contributed by atoms with Crippen LogP contribution in [0, 0.1) is 6.92 Å². The molecule has 43 heavy (non-hydrogen) atoms. The summed E-state index contributed by atoms with van der Waals surface area (Å²) in [6, 6.07) is 6.71. The number of hydrogen-bond acceptors (Lipinski definition) is 13. The minimum atomic E-state index is -3.67. The summed E-state index contributed by atoms with van der Waals surface area (Å²) in [6.45, 7) is 6.18. The number of benzene rings is 1. The molecule has 2 amide bonds. The number of ether oxygens (including phenoxy) is 1. The first-order valence-corrected chi connectivity index (χ1v) is 16.4. The molecule has 0 spiro atoms. The number of rotatable bonds is 9. The van der Waals surface area contributed by atoms with Crippen molar-refractivity contribution in [1.82, 2.24) is 25.0 Å². The Morgan fingerprint density at radius 2 is 1.86 bits per heavy atom. The number of nitrogens with zero attached hydrogens (tertiary/aromatic N) is 5. The number of esters is 1. The average Bonchev–Trinajstić information content (AvgIpc) is 3.32. The Morgan fingerprint density at radius 3 is 2.56 bits per heavy atom. The Kier molecular flexibility index (Phi) is 8.77. The summed E-state index contributed by atoms with van der Waals surface area (Å²) in [5.41, 5.74) is 2.59. The molecule has 0 unspecified atom stereocenters. The largest absolute Gasteiger partial charge is 0.462 e. The van der Waals surface area contributed by atoms with Crippen LogP contribution < -0.4 is 25.2 Å². The molecule has 1 saturated heterocycles. The van der Waals surface area contributed by atoms with Crippen LogP contribution in [-0.2, 0) is 32.5 Å². The van der Waals surface area contributed by atoms with Crippen molar-refractivity contribution in [2.45, 2.75) is 33.2 Å². The van der Waals surface area contributed by atoms with Crippen molar-refractivity contribution >= 4 is 61.9 Å². The standard InChI is InChI=1S/C27H32N8O6S2/c1-4-41-25(38)21-16(2)29-27(42-21)32-26-30-22-19(23(31-26)35-13-11-28-20(36)15-35)6-5-12-34(22)14-17-7-9-18(10-8-17)24(37)33-43(3,39)40/h7-10H,4-6,11-15H2,1-3H3,(H,28,36)(H,33,37)(H,29,30,31,32). The van der Waals surface area contributed by atoms with Gasteiger partial charge in [-0.25, -0.2) is 22.9 Å². The molecule has 0 saturated carbocycles. The number of fused-ring (bicyclic) bond motifs is 1. The number of carbonyl (C=O) groups excluding carboxylic acids is 3. The van der Waals surface area contributed by atoms with E-state index in [4.69, 9.17) is 14.7 Å². The Labute approximate surface area is 252 Å². The van der Waals surface area contributed by atoms with E-state index in [9.17, 15) is 22.8 Å². The number of aryl methyl sites for hydroxylation is 1. The molecule has 0 bridgehead atoms. The molecule has 1 fully saturated rings. The Morgan fingerprint density at radius 1 is 1.12 bits per heavy atom. The third-order valence-electron chi connectivity index (χ3n) is 6.80. The topological polar surface area (TPSA) is 176 Å². The lowest BCUT2D eigenvalue weighted by atomic mass is 10.0. The van der Waals surface area contributed by atoms with Gasteiger partial charge in [0.1, 0.15) is 16.5 Å². The van der Waals surface area contributed by atoms with E-state index in [1.54, 1.807) is 38.1 Å². The highest BCUT2D eigenvalue weighted by Crippen LogP contribution is 2.36. The monoisotopic (exact) mass is 628 g/mol. The van der Waals surface area contributed by atoms with Crippen LogP contribution in [0.3, 0.4) is 0 Å². The molecule has 228 valence electrons. The molecule has 14 nitrogen and oxygen atoms in total. The number of piperazine rings is 1. The Bertz CT molecular complexity index is 1660. The zero-order valence-corrected chi connectivity index (χ0v) is 25.6. The van der Waals surface area contributed by atoms with Crippen molar-refractivity contribution < 1.29 is 27.5 Å². The van der Waals surface area contributed by atoms with E-state index in [-0.39, 0.29) is 30.6 Å². The maximum atomic E-state index is 12.3. The van der Waals surface area contributed by atoms with Gasteiger partial charge in [0.05, 0.1) is 25.1 Å². The van der Waals surface area contributed by atoms with Gasteiger partial charge < -0.3 is 19.9 Å². The lowest BCUT2D eigenvalue weighted by molar-refractivity contribution is -0.120. The number of thiazole rings is 1. The second kappa shape index (κ2) is 12.5. The van der Waals surface area contributed by atoms with Crippen LogP contribution in [0.5, 0.6) is 0 Å². The van der Waals surface area contributed by atoms with E-state index in [0.717, 1.165) is 41.6 Å². The second-order valence-corrected chi connectivity index (χ2v) is 12.9. The summed E-state index contributed by atoms with van der Waals surface area (Å²) in [5.74, 6) is 0.433. The molecule has 5 rings (SSSR count). The Balaban J connectivity index is 1.46. The summed E-state index contributed by atoms with van der Waals surface area (Å²) in [5, 5.41) is 6.44. The smallest absolute Gasteiger partial charge is 0.350 e. The summed E-state index contributed by atoms with van der Waals surface area (Å²) >= 11 is 1.15. The summed E-state index contributed by atoms with van der Waals surface area (Å²) in [6.07, 6.45) is 2.50. The molecule has 2 aliphatic heterocycles. The fourth-order valence-corrected chi connectivity index (χ4v) is 6.24. The SMILES string of the molecule is CCOC(=O)c1sc(Nc2nc(N3CCNC(=O)C3)c3c(n2)N(Cc2ccc(C(=O)NS(C)(=O)=O)cc2)CCC3)nc1C. The zero-order chi connectivity index (χ0) is 30.7. The highest BCUT2D eigenvalue weighted by molar-refractivity contribution is 7.89. The van der Waals surface area contributed by atoms with Gasteiger partial charge in [-0.15, -0.1) is 0 Å². The van der Waals surface area contributed by atoms with E-state index in [1.165, 1.54) is 0 Å². The quantitative estimate of drug-likeness (QED) is 0.293. The highest BCUT2D eigenvalue weighted by Gasteiger charge is 2.29. The number of aromatic nitrogens is 3. The van der Waals surface area contributed by atoms with Crippen LogP contribution in [0.2, 0.25) is 0 Å². The maximum Gasteiger partial charge on any atom is 0.350 e. The molecule has 2 aliphatic rings. The predicted octanol–water partition coefficient (Wildman–Crippen LogP) is 1.74. The average molecular weight is 629 g/mol. The van der Waals surface area contributed by atoms with Gasteiger partial charge in [-0.2, -0.15) is 9.97 Å². The van der Waals surface area contributed by atoms with Crippen LogP contribution in [0.4, 0.5) is 22.7 Å². The van der Waals surface area contributed by atoms with E-state index in [0.29, 0.717) is 53.5 Å². The maximum absolute atomic E-state index is 12.3. The van der Waals surface area contributed by atoms with Gasteiger partial charge in [-0.1, -0.05) is 23.5 Å². The third-order valence-corrected chi connectivity index (χ3v) is 8.41. The van der Waals surface area contributed by atoms with Gasteiger partial charge in [-0.3, -0.25) is 14.9 Å². The highest BCUT2D eigenvalue weighted by atomic mass is 32.2. The van der Waals surface area contributed by atoms with Crippen LogP contribution >= 0.6 is 11.3 Å². The summed E-state index contributed by atoms with van der Waals surface area (Å²) in [4.78, 5) is 55.4. The number of sulfonamides is 1. The van der Waals surface area contributed by atoms with Gasteiger partial charge in [-0.05, 0) is 44.4 Å². The zero-order valence-electron chi connectivity index (χ0n) is 24.0. The predicted molar refractivity (Wildman–Crippen MR) is 161 cm³/mol. The molecule has 1 aromatic carbocycles. The van der Waals surface area contributed by atoms with Crippen molar-refractivity contribution in [1.29, 1.82) is 0 Å². The van der Waals surface area contributed by atoms with E-state index in [2.05, 4.69) is 20.5 Å². The van der Waals surface area contributed by atoms with Crippen LogP contribution in [0.15, 0.2) is 24.3 Å². The van der Waals surface area contributed by atoms with E-state index < -0.39 is 21.9 Å². The molecule has 3 aromatic rings. The van der Waals surface area contributed by atoms with Gasteiger partial charge in [0.15, 0.2) is 5.13 Å². The van der Waals surface area contributed by atoms with Gasteiger partial charge in [0, 0.05) is 37.3 Å². The first-order chi connectivity index (χ1) is 20.5. The van der Waals surface area contributed by atoms with Crippen molar-refractivity contribution in [3.8, 4) is 0 Å². The molecule has 4 heterocycles. The van der Waals surface area contributed by atoms with Crippen molar-refractivity contribution in [2.75, 3.05) is 54.2 Å². The first kappa shape index (κ1) is 30.2. The number of hydrogen-bond donors (Lipinski definition) is 3. The second-order valence-electron chi connectivity index (χ2n) is 10.1. The van der Waals surface area contributed by atoms with Gasteiger partial charge in [0.25, 0.3) is 5.91 Å². The van der Waals surface area contributed by atoms with E-state index in [1.807, 2.05) is 9.62 Å². The molecular weight excluding hydrogens is 596 g/mol. The summed E-state index contributed by atoms with van der Waals surface area (Å²) < 4.78 is 30.0. The first-order valence-electron chi connectivity index (χ1n) is 13.7. The van der Waals surface area contributed by atoms with Gasteiger partial charge in [0.2, 0.25) is 21.9 Å². The Hall–Kier alpha value is -4.31. The number of anilines is 4. The molecule has 0 radical (unpaired) electrons.